The normalized spacial score (nSPS) is 35.0. The Hall–Kier alpha value is -0.700. The van der Waals surface area contributed by atoms with Gasteiger partial charge < -0.3 is 10.4 Å². The van der Waals surface area contributed by atoms with Crippen molar-refractivity contribution in [3.05, 3.63) is 9.89 Å². The molecule has 114 valence electrons. The maximum Gasteiger partial charge on any atom is 0.244 e. The Morgan fingerprint density at radius 2 is 2.43 bits per heavy atom. The van der Waals surface area contributed by atoms with E-state index in [-0.39, 0.29) is 42.0 Å². The van der Waals surface area contributed by atoms with Gasteiger partial charge in [0, 0.05) is 16.3 Å². The van der Waals surface area contributed by atoms with Crippen LogP contribution in [0.2, 0.25) is 0 Å². The van der Waals surface area contributed by atoms with Crippen LogP contribution in [-0.4, -0.2) is 64.6 Å². The SMILES string of the molecule is O=C(C[C@H]1NCC[C@@H]1O)CN1C=NC2C=C(Br)SC2C1=O. The summed E-state index contributed by atoms with van der Waals surface area (Å²) in [4.78, 5) is 30.1. The van der Waals surface area contributed by atoms with Gasteiger partial charge in [-0.1, -0.05) is 0 Å². The third-order valence-corrected chi connectivity index (χ3v) is 5.78. The summed E-state index contributed by atoms with van der Waals surface area (Å²) < 4.78 is 0.912. The van der Waals surface area contributed by atoms with Gasteiger partial charge in [-0.15, -0.1) is 11.8 Å². The fourth-order valence-corrected chi connectivity index (χ4v) is 4.59. The fraction of sp³-hybridized carbons (Fsp3) is 0.615. The van der Waals surface area contributed by atoms with Crippen LogP contribution in [0.5, 0.6) is 0 Å². The third-order valence-electron chi connectivity index (χ3n) is 3.86. The van der Waals surface area contributed by atoms with E-state index < -0.39 is 6.10 Å². The van der Waals surface area contributed by atoms with Crippen LogP contribution in [0.4, 0.5) is 0 Å². The number of aliphatic imine (C=N–C) groups is 1. The van der Waals surface area contributed by atoms with E-state index in [4.69, 9.17) is 0 Å². The van der Waals surface area contributed by atoms with E-state index >= 15 is 0 Å². The molecule has 3 heterocycles. The lowest BCUT2D eigenvalue weighted by atomic mass is 10.1. The van der Waals surface area contributed by atoms with Crippen molar-refractivity contribution in [2.75, 3.05) is 13.1 Å². The van der Waals surface area contributed by atoms with Gasteiger partial charge >= 0.3 is 0 Å². The summed E-state index contributed by atoms with van der Waals surface area (Å²) >= 11 is 4.80. The second-order valence-corrected chi connectivity index (χ2v) is 7.95. The number of thioether (sulfide) groups is 1. The largest absolute Gasteiger partial charge is 0.391 e. The molecule has 0 saturated carbocycles. The zero-order chi connectivity index (χ0) is 15.0. The number of Topliss-reactive ketones (excluding diaryl/α,β-unsaturated/α-hetero) is 1. The molecule has 1 amide bonds. The van der Waals surface area contributed by atoms with Crippen molar-refractivity contribution in [1.29, 1.82) is 0 Å². The number of aliphatic hydroxyl groups excluding tert-OH is 1. The summed E-state index contributed by atoms with van der Waals surface area (Å²) in [6.07, 6.45) is 3.79. The van der Waals surface area contributed by atoms with Crippen molar-refractivity contribution in [3.63, 3.8) is 0 Å². The Morgan fingerprint density at radius 3 is 3.14 bits per heavy atom. The lowest BCUT2D eigenvalue weighted by Gasteiger charge is -2.27. The van der Waals surface area contributed by atoms with E-state index in [0.717, 1.165) is 10.4 Å². The molecule has 3 rings (SSSR count). The monoisotopic (exact) mass is 373 g/mol. The molecule has 0 aliphatic carbocycles. The van der Waals surface area contributed by atoms with Crippen molar-refractivity contribution in [2.45, 2.75) is 36.3 Å². The van der Waals surface area contributed by atoms with Gasteiger partial charge in [-0.25, -0.2) is 0 Å². The van der Waals surface area contributed by atoms with Gasteiger partial charge in [0.05, 0.1) is 25.0 Å². The zero-order valence-electron chi connectivity index (χ0n) is 11.2. The Labute approximate surface area is 135 Å². The third kappa shape index (κ3) is 3.23. The molecule has 3 aliphatic heterocycles. The van der Waals surface area contributed by atoms with Gasteiger partial charge in [-0.3, -0.25) is 19.5 Å². The first-order valence-electron chi connectivity index (χ1n) is 6.85. The fourth-order valence-electron chi connectivity index (χ4n) is 2.73. The highest BCUT2D eigenvalue weighted by Crippen LogP contribution is 2.39. The minimum Gasteiger partial charge on any atom is -0.391 e. The molecule has 0 aromatic heterocycles. The standard InChI is InChI=1S/C13H16BrN3O3S/c14-11-4-9-12(21-11)13(20)17(6-16-9)5-7(18)3-8-10(19)1-2-15-8/h4,6,8-10,12,15,19H,1-3,5H2/t8-,9?,10+,12?/m1/s1. The molecule has 0 spiro atoms. The summed E-state index contributed by atoms with van der Waals surface area (Å²) in [5, 5.41) is 12.5. The predicted octanol–water partition coefficient (Wildman–Crippen LogP) is 0.259. The van der Waals surface area contributed by atoms with Gasteiger partial charge in [-0.05, 0) is 35.0 Å². The highest BCUT2D eigenvalue weighted by molar-refractivity contribution is 9.14. The maximum absolute atomic E-state index is 12.3. The van der Waals surface area contributed by atoms with Crippen LogP contribution in [0.1, 0.15) is 12.8 Å². The molecule has 2 unspecified atom stereocenters. The van der Waals surface area contributed by atoms with E-state index in [0.29, 0.717) is 6.42 Å². The Kier molecular flexibility index (Phi) is 4.49. The lowest BCUT2D eigenvalue weighted by molar-refractivity contribution is -0.131. The first-order chi connectivity index (χ1) is 10.0. The van der Waals surface area contributed by atoms with E-state index in [2.05, 4.69) is 26.2 Å². The quantitative estimate of drug-likeness (QED) is 0.738. The molecule has 6 nitrogen and oxygen atoms in total. The smallest absolute Gasteiger partial charge is 0.244 e. The van der Waals surface area contributed by atoms with E-state index in [1.807, 2.05) is 6.08 Å². The Balaban J connectivity index is 1.57. The molecule has 0 aromatic rings. The Morgan fingerprint density at radius 1 is 1.62 bits per heavy atom. The average Bonchev–Trinajstić information content (AvgIpc) is 3.00. The van der Waals surface area contributed by atoms with Crippen LogP contribution in [-0.2, 0) is 9.59 Å². The second-order valence-electron chi connectivity index (χ2n) is 5.39. The van der Waals surface area contributed by atoms with Crippen molar-refractivity contribution < 1.29 is 14.7 Å². The summed E-state index contributed by atoms with van der Waals surface area (Å²) in [6.45, 7) is 0.748. The highest BCUT2D eigenvalue weighted by Gasteiger charge is 2.39. The van der Waals surface area contributed by atoms with Gasteiger partial charge in [0.25, 0.3) is 0 Å². The molecule has 0 bridgehead atoms. The number of amides is 1. The molecule has 1 fully saturated rings. The molecule has 8 heteroatoms. The molecule has 4 atom stereocenters. The zero-order valence-corrected chi connectivity index (χ0v) is 13.6. The summed E-state index contributed by atoms with van der Waals surface area (Å²) in [6, 6.07) is -0.333. The van der Waals surface area contributed by atoms with Crippen LogP contribution >= 0.6 is 27.7 Å². The molecular weight excluding hydrogens is 358 g/mol. The van der Waals surface area contributed by atoms with E-state index in [1.54, 1.807) is 0 Å². The molecule has 3 aliphatic rings. The molecule has 1 saturated heterocycles. The predicted molar refractivity (Wildman–Crippen MR) is 84.4 cm³/mol. The lowest BCUT2D eigenvalue weighted by Crippen LogP contribution is -2.47. The molecule has 2 N–H and O–H groups in total. The summed E-state index contributed by atoms with van der Waals surface area (Å²) in [7, 11) is 0. The van der Waals surface area contributed by atoms with Gasteiger partial charge in [0.1, 0.15) is 5.25 Å². The number of carbonyl (C=O) groups is 2. The van der Waals surface area contributed by atoms with Crippen molar-refractivity contribution >= 4 is 45.7 Å². The van der Waals surface area contributed by atoms with Crippen LogP contribution < -0.4 is 5.32 Å². The molecular formula is C13H16BrN3O3S. The number of ketones is 1. The number of halogens is 1. The van der Waals surface area contributed by atoms with E-state index in [1.165, 1.54) is 23.0 Å². The highest BCUT2D eigenvalue weighted by atomic mass is 79.9. The molecule has 0 radical (unpaired) electrons. The van der Waals surface area contributed by atoms with Crippen LogP contribution in [0.3, 0.4) is 0 Å². The van der Waals surface area contributed by atoms with E-state index in [9.17, 15) is 14.7 Å². The number of hydrogen-bond acceptors (Lipinski definition) is 6. The molecule has 21 heavy (non-hydrogen) atoms. The number of hydrogen-bond donors (Lipinski definition) is 2. The Bertz CT molecular complexity index is 525. The van der Waals surface area contributed by atoms with Crippen molar-refractivity contribution in [2.24, 2.45) is 4.99 Å². The van der Waals surface area contributed by atoms with Crippen LogP contribution in [0.25, 0.3) is 0 Å². The summed E-state index contributed by atoms with van der Waals surface area (Å²) in [5.41, 5.74) is 0. The number of rotatable bonds is 4. The summed E-state index contributed by atoms with van der Waals surface area (Å²) in [5.74, 6) is -0.152. The second kappa shape index (κ2) is 6.20. The first-order valence-corrected chi connectivity index (χ1v) is 8.53. The number of fused-ring (bicyclic) bond motifs is 1. The van der Waals surface area contributed by atoms with Gasteiger partial charge in [-0.2, -0.15) is 0 Å². The average molecular weight is 374 g/mol. The number of carbonyl (C=O) groups excluding carboxylic acids is 2. The van der Waals surface area contributed by atoms with Crippen molar-refractivity contribution in [3.8, 4) is 0 Å². The minimum absolute atomic E-state index is 0.0225. The number of nitrogens with one attached hydrogen (secondary N) is 1. The van der Waals surface area contributed by atoms with Gasteiger partial charge in [0.2, 0.25) is 5.91 Å². The number of nitrogens with zero attached hydrogens (tertiary/aromatic N) is 2. The number of aliphatic hydroxyl groups is 1. The topological polar surface area (TPSA) is 82.0 Å². The maximum atomic E-state index is 12.3. The van der Waals surface area contributed by atoms with Gasteiger partial charge in [0.15, 0.2) is 5.78 Å². The first kappa shape index (κ1) is 15.2. The van der Waals surface area contributed by atoms with Crippen LogP contribution in [0, 0.1) is 0 Å². The van der Waals surface area contributed by atoms with Crippen molar-refractivity contribution in [1.82, 2.24) is 10.2 Å². The molecule has 0 aromatic carbocycles. The minimum atomic E-state index is -0.477. The van der Waals surface area contributed by atoms with Crippen LogP contribution in [0.15, 0.2) is 14.9 Å².